The summed E-state index contributed by atoms with van der Waals surface area (Å²) in [5, 5.41) is 15.0. The van der Waals surface area contributed by atoms with Crippen LogP contribution in [-0.2, 0) is 11.2 Å². The van der Waals surface area contributed by atoms with Gasteiger partial charge in [-0.05, 0) is 38.0 Å². The van der Waals surface area contributed by atoms with Crippen molar-refractivity contribution < 1.29 is 4.79 Å². The van der Waals surface area contributed by atoms with Gasteiger partial charge in [-0.3, -0.25) is 4.79 Å². The molecule has 1 aromatic heterocycles. The monoisotopic (exact) mass is 336 g/mol. The Morgan fingerprint density at radius 3 is 2.64 bits per heavy atom. The minimum absolute atomic E-state index is 0.0391. The lowest BCUT2D eigenvalue weighted by atomic mass is 10.1. The maximum absolute atomic E-state index is 11.9. The lowest BCUT2D eigenvalue weighted by Crippen LogP contribution is -2.13. The van der Waals surface area contributed by atoms with Crippen molar-refractivity contribution in [1.82, 2.24) is 10.2 Å². The van der Waals surface area contributed by atoms with Gasteiger partial charge in [-0.25, -0.2) is 0 Å². The van der Waals surface area contributed by atoms with Crippen molar-refractivity contribution in [3.8, 4) is 0 Å². The Labute approximate surface area is 138 Å². The Morgan fingerprint density at radius 2 is 2.00 bits per heavy atom. The minimum atomic E-state index is -0.0391. The van der Waals surface area contributed by atoms with E-state index in [9.17, 15) is 4.79 Å². The number of thioether (sulfide) groups is 1. The minimum Gasteiger partial charge on any atom is -0.358 e. The Balaban J connectivity index is 1.80. The fourth-order valence-electron chi connectivity index (χ4n) is 1.72. The second-order valence-electron chi connectivity index (χ2n) is 5.06. The van der Waals surface area contributed by atoms with E-state index < -0.39 is 0 Å². The maximum Gasteiger partial charge on any atom is 0.234 e. The second kappa shape index (κ2) is 8.14. The fraction of sp³-hybridized carbons (Fsp3) is 0.400. The molecule has 0 saturated carbocycles. The van der Waals surface area contributed by atoms with Crippen LogP contribution in [0.2, 0.25) is 0 Å². The van der Waals surface area contributed by atoms with Gasteiger partial charge in [0.15, 0.2) is 4.34 Å². The van der Waals surface area contributed by atoms with Crippen LogP contribution in [0.3, 0.4) is 0 Å². The molecule has 0 aliphatic heterocycles. The molecule has 1 heterocycles. The fourth-order valence-corrected chi connectivity index (χ4v) is 3.42. The largest absolute Gasteiger partial charge is 0.358 e. The zero-order valence-electron chi connectivity index (χ0n) is 12.9. The zero-order valence-corrected chi connectivity index (χ0v) is 14.6. The van der Waals surface area contributed by atoms with Crippen molar-refractivity contribution >= 4 is 39.8 Å². The lowest BCUT2D eigenvalue weighted by molar-refractivity contribution is -0.113. The Kier molecular flexibility index (Phi) is 6.21. The van der Waals surface area contributed by atoms with Crippen LogP contribution in [-0.4, -0.2) is 27.9 Å². The third-order valence-electron chi connectivity index (χ3n) is 2.79. The Hall–Kier alpha value is -1.60. The standard InChI is InChI=1S/C15H20N4OS2/c1-4-11-5-7-12(8-6-11)17-13(20)9-21-15-19-18-14(22-15)16-10(2)3/h5-8,10H,4,9H2,1-3H3,(H,16,18)(H,17,20). The molecule has 0 aliphatic carbocycles. The SMILES string of the molecule is CCc1ccc(NC(=O)CSc2nnc(NC(C)C)s2)cc1. The normalized spacial score (nSPS) is 10.7. The molecule has 1 aromatic carbocycles. The number of aromatic nitrogens is 2. The number of nitrogens with one attached hydrogen (secondary N) is 2. The highest BCUT2D eigenvalue weighted by molar-refractivity contribution is 8.01. The molecule has 5 nitrogen and oxygen atoms in total. The molecule has 22 heavy (non-hydrogen) atoms. The second-order valence-corrected chi connectivity index (χ2v) is 7.26. The van der Waals surface area contributed by atoms with Gasteiger partial charge >= 0.3 is 0 Å². The van der Waals surface area contributed by atoms with Gasteiger partial charge in [0.25, 0.3) is 0 Å². The molecule has 2 aromatic rings. The molecule has 0 radical (unpaired) electrons. The van der Waals surface area contributed by atoms with E-state index in [-0.39, 0.29) is 5.91 Å². The van der Waals surface area contributed by atoms with Gasteiger partial charge in [0, 0.05) is 11.7 Å². The van der Waals surface area contributed by atoms with E-state index in [2.05, 4.69) is 27.8 Å². The van der Waals surface area contributed by atoms with Crippen molar-refractivity contribution in [3.05, 3.63) is 29.8 Å². The van der Waals surface area contributed by atoms with E-state index in [1.54, 1.807) is 0 Å². The van der Waals surface area contributed by atoms with E-state index in [4.69, 9.17) is 0 Å². The molecule has 0 atom stereocenters. The predicted octanol–water partition coefficient (Wildman–Crippen LogP) is 3.65. The summed E-state index contributed by atoms with van der Waals surface area (Å²) in [5.74, 6) is 0.286. The van der Waals surface area contributed by atoms with Gasteiger partial charge in [0.2, 0.25) is 11.0 Å². The summed E-state index contributed by atoms with van der Waals surface area (Å²) < 4.78 is 0.791. The van der Waals surface area contributed by atoms with Gasteiger partial charge in [-0.15, -0.1) is 10.2 Å². The average molecular weight is 336 g/mol. The quantitative estimate of drug-likeness (QED) is 0.756. The number of nitrogens with zero attached hydrogens (tertiary/aromatic N) is 2. The molecule has 0 spiro atoms. The maximum atomic E-state index is 11.9. The van der Waals surface area contributed by atoms with Crippen LogP contribution in [0.25, 0.3) is 0 Å². The molecule has 0 saturated heterocycles. The van der Waals surface area contributed by atoms with Crippen molar-refractivity contribution in [2.45, 2.75) is 37.6 Å². The molecule has 1 amide bonds. The van der Waals surface area contributed by atoms with Crippen LogP contribution in [0, 0.1) is 0 Å². The number of aryl methyl sites for hydroxylation is 1. The van der Waals surface area contributed by atoms with Crippen LogP contribution in [0.5, 0.6) is 0 Å². The van der Waals surface area contributed by atoms with Crippen molar-refractivity contribution in [2.24, 2.45) is 0 Å². The van der Waals surface area contributed by atoms with Crippen molar-refractivity contribution in [1.29, 1.82) is 0 Å². The number of anilines is 2. The predicted molar refractivity (Wildman–Crippen MR) is 93.8 cm³/mol. The van der Waals surface area contributed by atoms with Gasteiger partial charge in [0.05, 0.1) is 5.75 Å². The molecule has 0 fully saturated rings. The van der Waals surface area contributed by atoms with E-state index >= 15 is 0 Å². The number of carbonyl (C=O) groups is 1. The number of hydrogen-bond donors (Lipinski definition) is 2. The molecule has 0 bridgehead atoms. The summed E-state index contributed by atoms with van der Waals surface area (Å²) in [4.78, 5) is 11.9. The number of benzene rings is 1. The Morgan fingerprint density at radius 1 is 1.27 bits per heavy atom. The van der Waals surface area contributed by atoms with Crippen LogP contribution >= 0.6 is 23.1 Å². The summed E-state index contributed by atoms with van der Waals surface area (Å²) in [7, 11) is 0. The summed E-state index contributed by atoms with van der Waals surface area (Å²) in [6, 6.07) is 8.23. The van der Waals surface area contributed by atoms with Crippen molar-refractivity contribution in [3.63, 3.8) is 0 Å². The molecule has 7 heteroatoms. The van der Waals surface area contributed by atoms with Crippen molar-refractivity contribution in [2.75, 3.05) is 16.4 Å². The topological polar surface area (TPSA) is 66.9 Å². The number of amides is 1. The third kappa shape index (κ3) is 5.31. The number of rotatable bonds is 7. The Bertz CT molecular complexity index is 610. The molecular formula is C15H20N4OS2. The first kappa shape index (κ1) is 16.8. The van der Waals surface area contributed by atoms with E-state index in [0.29, 0.717) is 11.8 Å². The molecule has 2 rings (SSSR count). The van der Waals surface area contributed by atoms with Gasteiger partial charge in [0.1, 0.15) is 0 Å². The summed E-state index contributed by atoms with van der Waals surface area (Å²) >= 11 is 2.86. The first-order chi connectivity index (χ1) is 10.6. The summed E-state index contributed by atoms with van der Waals surface area (Å²) in [6.45, 7) is 6.20. The van der Waals surface area contributed by atoms with Crippen LogP contribution in [0.15, 0.2) is 28.6 Å². The zero-order chi connectivity index (χ0) is 15.9. The molecule has 0 unspecified atom stereocenters. The number of hydrogen-bond acceptors (Lipinski definition) is 6. The first-order valence-electron chi connectivity index (χ1n) is 7.18. The molecule has 0 aliphatic rings. The lowest BCUT2D eigenvalue weighted by Gasteiger charge is -2.05. The summed E-state index contributed by atoms with van der Waals surface area (Å²) in [5.41, 5.74) is 2.08. The van der Waals surface area contributed by atoms with E-state index in [1.807, 2.05) is 38.1 Å². The van der Waals surface area contributed by atoms with Crippen LogP contribution < -0.4 is 10.6 Å². The average Bonchev–Trinajstić information content (AvgIpc) is 2.93. The van der Waals surface area contributed by atoms with Gasteiger partial charge < -0.3 is 10.6 Å². The smallest absolute Gasteiger partial charge is 0.234 e. The number of carbonyl (C=O) groups excluding carboxylic acids is 1. The van der Waals surface area contributed by atoms with Crippen LogP contribution in [0.1, 0.15) is 26.3 Å². The molecule has 2 N–H and O–H groups in total. The third-order valence-corrected chi connectivity index (χ3v) is 4.78. The van der Waals surface area contributed by atoms with E-state index in [1.165, 1.54) is 28.7 Å². The van der Waals surface area contributed by atoms with Crippen LogP contribution in [0.4, 0.5) is 10.8 Å². The summed E-state index contributed by atoms with van der Waals surface area (Å²) in [6.07, 6.45) is 0.994. The molecule has 118 valence electrons. The first-order valence-corrected chi connectivity index (χ1v) is 8.98. The van der Waals surface area contributed by atoms with Gasteiger partial charge in [-0.1, -0.05) is 42.2 Å². The highest BCUT2D eigenvalue weighted by Crippen LogP contribution is 2.25. The van der Waals surface area contributed by atoms with E-state index in [0.717, 1.165) is 21.6 Å². The highest BCUT2D eigenvalue weighted by Gasteiger charge is 2.09. The molecular weight excluding hydrogens is 316 g/mol. The highest BCUT2D eigenvalue weighted by atomic mass is 32.2. The van der Waals surface area contributed by atoms with Gasteiger partial charge in [-0.2, -0.15) is 0 Å².